The fourth-order valence-corrected chi connectivity index (χ4v) is 5.34. The van der Waals surface area contributed by atoms with Crippen LogP contribution in [0.4, 0.5) is 11.4 Å². The zero-order valence-corrected chi connectivity index (χ0v) is 22.7. The molecule has 0 spiro atoms. The van der Waals surface area contributed by atoms with E-state index in [-0.39, 0.29) is 11.5 Å². The molecule has 0 bridgehead atoms. The molecule has 6 nitrogen and oxygen atoms in total. The van der Waals surface area contributed by atoms with E-state index in [1.54, 1.807) is 18.2 Å². The van der Waals surface area contributed by atoms with Crippen molar-refractivity contribution in [3.8, 4) is 22.6 Å². The molecule has 0 fully saturated rings. The van der Waals surface area contributed by atoms with Gasteiger partial charge in [0.2, 0.25) is 0 Å². The van der Waals surface area contributed by atoms with Crippen LogP contribution in [-0.2, 0) is 25.7 Å². The van der Waals surface area contributed by atoms with Crippen LogP contribution >= 0.6 is 15.9 Å². The summed E-state index contributed by atoms with van der Waals surface area (Å²) < 4.78 is 1.04. The topological polar surface area (TPSA) is 133 Å². The van der Waals surface area contributed by atoms with Crippen molar-refractivity contribution in [2.45, 2.75) is 38.5 Å². The summed E-state index contributed by atoms with van der Waals surface area (Å²) in [5.74, 6) is 0.313. The quantitative estimate of drug-likeness (QED) is 0.151. The van der Waals surface area contributed by atoms with Gasteiger partial charge in [-0.05, 0) is 118 Å². The molecule has 0 aromatic heterocycles. The largest absolute Gasteiger partial charge is 0.508 e. The van der Waals surface area contributed by atoms with Crippen LogP contribution in [0, 0.1) is 0 Å². The molecule has 4 aromatic carbocycles. The smallest absolute Gasteiger partial charge is 0.488 e. The first-order valence-electron chi connectivity index (χ1n) is 12.6. The van der Waals surface area contributed by atoms with Gasteiger partial charge in [-0.1, -0.05) is 42.5 Å². The number of fused-ring (bicyclic) bond motifs is 2. The second-order valence-corrected chi connectivity index (χ2v) is 10.3. The number of hydrogen-bond acceptors (Lipinski definition) is 6. The summed E-state index contributed by atoms with van der Waals surface area (Å²) in [5, 5.41) is 35.5. The molecule has 38 heavy (non-hydrogen) atoms. The number of aromatic hydroxyl groups is 2. The zero-order chi connectivity index (χ0) is 27.2. The SMILES string of the molecule is Nc1c(-c2cccc(O)c2)ccc2c1CCC2.Nc1c(Br)ccc2c1CCC2.OB(O)c1cccc(O)c1. The monoisotopic (exact) mass is 574 g/mol. The Hall–Kier alpha value is -3.46. The second-order valence-electron chi connectivity index (χ2n) is 9.49. The van der Waals surface area contributed by atoms with Crippen molar-refractivity contribution in [2.75, 3.05) is 11.5 Å². The molecule has 8 heteroatoms. The normalized spacial score (nSPS) is 12.9. The van der Waals surface area contributed by atoms with Gasteiger partial charge in [-0.25, -0.2) is 0 Å². The number of halogens is 1. The van der Waals surface area contributed by atoms with E-state index in [1.807, 2.05) is 18.2 Å². The van der Waals surface area contributed by atoms with Crippen LogP contribution in [-0.4, -0.2) is 27.4 Å². The van der Waals surface area contributed by atoms with Crippen molar-refractivity contribution in [3.63, 3.8) is 0 Å². The van der Waals surface area contributed by atoms with E-state index in [1.165, 1.54) is 59.7 Å². The fraction of sp³-hybridized carbons (Fsp3) is 0.200. The molecular weight excluding hydrogens is 543 g/mol. The number of nitrogen functional groups attached to an aromatic ring is 2. The average Bonchev–Trinajstić information content (AvgIpc) is 3.58. The van der Waals surface area contributed by atoms with Crippen LogP contribution in [0.15, 0.2) is 77.3 Å². The Morgan fingerprint density at radius 2 is 1.24 bits per heavy atom. The lowest BCUT2D eigenvalue weighted by molar-refractivity contribution is 0.424. The summed E-state index contributed by atoms with van der Waals surface area (Å²) in [5.41, 5.74) is 21.7. The van der Waals surface area contributed by atoms with Gasteiger partial charge in [0.15, 0.2) is 0 Å². The zero-order valence-electron chi connectivity index (χ0n) is 21.1. The molecule has 0 saturated heterocycles. The summed E-state index contributed by atoms with van der Waals surface area (Å²) in [6.45, 7) is 0. The molecule has 0 aliphatic heterocycles. The van der Waals surface area contributed by atoms with Crippen LogP contribution in [0.25, 0.3) is 11.1 Å². The maximum atomic E-state index is 9.52. The summed E-state index contributed by atoms with van der Waals surface area (Å²) in [7, 11) is -1.51. The molecule has 0 saturated carbocycles. The van der Waals surface area contributed by atoms with E-state index >= 15 is 0 Å². The average molecular weight is 575 g/mol. The highest BCUT2D eigenvalue weighted by Crippen LogP contribution is 2.36. The molecule has 0 radical (unpaired) electrons. The first-order valence-corrected chi connectivity index (χ1v) is 13.4. The van der Waals surface area contributed by atoms with E-state index in [0.717, 1.165) is 46.2 Å². The molecule has 0 unspecified atom stereocenters. The summed E-state index contributed by atoms with van der Waals surface area (Å²) >= 11 is 3.42. The van der Waals surface area contributed by atoms with Crippen molar-refractivity contribution in [3.05, 3.63) is 99.5 Å². The minimum atomic E-state index is -1.51. The van der Waals surface area contributed by atoms with Crippen LogP contribution in [0.2, 0.25) is 0 Å². The lowest BCUT2D eigenvalue weighted by Crippen LogP contribution is -2.29. The lowest BCUT2D eigenvalue weighted by Gasteiger charge is -2.11. The van der Waals surface area contributed by atoms with Crippen molar-refractivity contribution in [2.24, 2.45) is 0 Å². The molecule has 8 N–H and O–H groups in total. The van der Waals surface area contributed by atoms with Gasteiger partial charge in [-0.15, -0.1) is 0 Å². The van der Waals surface area contributed by atoms with E-state index in [9.17, 15) is 5.11 Å². The number of anilines is 2. The highest BCUT2D eigenvalue weighted by Gasteiger charge is 2.17. The number of aryl methyl sites for hydroxylation is 2. The molecule has 0 amide bonds. The van der Waals surface area contributed by atoms with E-state index in [2.05, 4.69) is 34.1 Å². The Balaban J connectivity index is 0.000000140. The van der Waals surface area contributed by atoms with Crippen LogP contribution in [0.5, 0.6) is 11.5 Å². The second kappa shape index (κ2) is 12.4. The van der Waals surface area contributed by atoms with Gasteiger partial charge in [-0.2, -0.15) is 0 Å². The maximum Gasteiger partial charge on any atom is 0.488 e. The summed E-state index contributed by atoms with van der Waals surface area (Å²) in [4.78, 5) is 0. The summed E-state index contributed by atoms with van der Waals surface area (Å²) in [6.07, 6.45) is 7.03. The third-order valence-electron chi connectivity index (χ3n) is 6.93. The van der Waals surface area contributed by atoms with Crippen molar-refractivity contribution in [1.82, 2.24) is 0 Å². The summed E-state index contributed by atoms with van der Waals surface area (Å²) in [6, 6.07) is 21.5. The van der Waals surface area contributed by atoms with E-state index in [4.69, 9.17) is 26.6 Å². The fourth-order valence-electron chi connectivity index (χ4n) is 4.97. The molecule has 4 aromatic rings. The molecule has 0 heterocycles. The minimum Gasteiger partial charge on any atom is -0.508 e. The first kappa shape index (κ1) is 27.6. The molecule has 0 atom stereocenters. The predicted octanol–water partition coefficient (Wildman–Crippen LogP) is 4.72. The standard InChI is InChI=1S/C15H15NO.C9H10BrN.C6H7BO3/c16-15-13-6-2-3-10(13)7-8-14(15)11-4-1-5-12(17)9-11;10-8-5-4-6-2-1-3-7(6)9(8)11;8-6-3-1-2-5(4-6)7(9)10/h1,4-5,7-9,17H,2-3,6,16H2;4-5H,1-3,11H2;1-4,8-10H. The molecule has 2 aliphatic rings. The van der Waals surface area contributed by atoms with Crippen molar-refractivity contribution < 1.29 is 20.3 Å². The molecule has 2 aliphatic carbocycles. The Morgan fingerprint density at radius 1 is 0.658 bits per heavy atom. The minimum absolute atomic E-state index is 0.0330. The van der Waals surface area contributed by atoms with Crippen LogP contribution in [0.1, 0.15) is 35.1 Å². The molecular formula is C30H32BBrN2O4. The Bertz CT molecular complexity index is 1430. The number of nitrogens with two attached hydrogens (primary N) is 2. The van der Waals surface area contributed by atoms with Crippen molar-refractivity contribution in [1.29, 1.82) is 0 Å². The van der Waals surface area contributed by atoms with Crippen LogP contribution < -0.4 is 16.9 Å². The number of phenolic OH excluding ortho intramolecular Hbond substituents is 2. The number of phenols is 2. The Morgan fingerprint density at radius 3 is 1.82 bits per heavy atom. The van der Waals surface area contributed by atoms with Gasteiger partial charge in [0.1, 0.15) is 11.5 Å². The number of benzene rings is 4. The van der Waals surface area contributed by atoms with Crippen molar-refractivity contribution >= 4 is 39.9 Å². The number of rotatable bonds is 2. The third kappa shape index (κ3) is 6.51. The van der Waals surface area contributed by atoms with E-state index < -0.39 is 7.12 Å². The Labute approximate surface area is 231 Å². The first-order chi connectivity index (χ1) is 18.2. The van der Waals surface area contributed by atoms with Gasteiger partial charge >= 0.3 is 7.12 Å². The maximum absolute atomic E-state index is 9.52. The van der Waals surface area contributed by atoms with E-state index in [0.29, 0.717) is 5.46 Å². The lowest BCUT2D eigenvalue weighted by atomic mass is 9.80. The van der Waals surface area contributed by atoms with Gasteiger partial charge < -0.3 is 31.7 Å². The van der Waals surface area contributed by atoms with Gasteiger partial charge in [0, 0.05) is 21.4 Å². The predicted molar refractivity (Wildman–Crippen MR) is 158 cm³/mol. The van der Waals surface area contributed by atoms with Crippen LogP contribution in [0.3, 0.4) is 0 Å². The molecule has 6 rings (SSSR count). The third-order valence-corrected chi connectivity index (χ3v) is 7.62. The van der Waals surface area contributed by atoms with Gasteiger partial charge in [0.25, 0.3) is 0 Å². The number of hydrogen-bond donors (Lipinski definition) is 6. The highest BCUT2D eigenvalue weighted by molar-refractivity contribution is 9.10. The Kier molecular flexibility index (Phi) is 8.99. The molecule has 196 valence electrons. The highest BCUT2D eigenvalue weighted by atomic mass is 79.9. The van der Waals surface area contributed by atoms with Gasteiger partial charge in [0.05, 0.1) is 0 Å². The van der Waals surface area contributed by atoms with Gasteiger partial charge in [-0.3, -0.25) is 0 Å².